The number of nitrogens with one attached hydrogen (secondary N) is 1. The molecule has 84 valence electrons. The fraction of sp³-hybridized carbons (Fsp3) is 0.750. The average molecular weight is 220 g/mol. The lowest BCUT2D eigenvalue weighted by Gasteiger charge is -2.10. The van der Waals surface area contributed by atoms with Crippen molar-refractivity contribution in [1.29, 1.82) is 0 Å². The molecule has 0 amide bonds. The molecule has 4 nitrogen and oxygen atoms in total. The molecule has 0 aromatic carbocycles. The number of aromatic nitrogens is 3. The molecule has 1 N–H and O–H groups in total. The van der Waals surface area contributed by atoms with Crippen LogP contribution in [0.25, 0.3) is 0 Å². The summed E-state index contributed by atoms with van der Waals surface area (Å²) in [5, 5.41) is 9.88. The molecule has 15 heavy (non-hydrogen) atoms. The minimum atomic E-state index is -4.42. The number of halogens is 3. The highest BCUT2D eigenvalue weighted by Gasteiger charge is 2.39. The highest BCUT2D eigenvalue weighted by molar-refractivity contribution is 5.04. The average Bonchev–Trinajstić information content (AvgIpc) is 2.48. The van der Waals surface area contributed by atoms with Gasteiger partial charge in [0, 0.05) is 6.54 Å². The molecule has 1 aliphatic heterocycles. The van der Waals surface area contributed by atoms with Gasteiger partial charge in [-0.05, 0) is 19.9 Å². The molecule has 0 saturated heterocycles. The van der Waals surface area contributed by atoms with E-state index in [1.165, 1.54) is 0 Å². The van der Waals surface area contributed by atoms with Gasteiger partial charge in [0.15, 0.2) is 0 Å². The van der Waals surface area contributed by atoms with Gasteiger partial charge in [-0.3, -0.25) is 0 Å². The van der Waals surface area contributed by atoms with Crippen molar-refractivity contribution in [1.82, 2.24) is 20.1 Å². The van der Waals surface area contributed by atoms with Crippen LogP contribution >= 0.6 is 0 Å². The van der Waals surface area contributed by atoms with Gasteiger partial charge in [-0.25, -0.2) is 0 Å². The molecule has 1 aliphatic rings. The smallest absolute Gasteiger partial charge is 0.307 e. The van der Waals surface area contributed by atoms with Crippen LogP contribution in [0.2, 0.25) is 0 Å². The van der Waals surface area contributed by atoms with Crippen LogP contribution in [0.3, 0.4) is 0 Å². The maximum atomic E-state index is 12.5. The molecule has 1 aromatic heterocycles. The van der Waals surface area contributed by atoms with Crippen LogP contribution in [-0.2, 0) is 12.7 Å². The van der Waals surface area contributed by atoms with E-state index in [1.54, 1.807) is 6.92 Å². The van der Waals surface area contributed by atoms with Crippen molar-refractivity contribution < 1.29 is 13.2 Å². The molecule has 0 spiro atoms. The van der Waals surface area contributed by atoms with Crippen LogP contribution in [-0.4, -0.2) is 21.3 Å². The second-order valence-corrected chi connectivity index (χ2v) is 3.56. The fourth-order valence-electron chi connectivity index (χ4n) is 1.71. The van der Waals surface area contributed by atoms with E-state index in [9.17, 15) is 13.2 Å². The first kappa shape index (κ1) is 10.4. The zero-order valence-corrected chi connectivity index (χ0v) is 8.17. The second kappa shape index (κ2) is 3.48. The number of hydrogen-bond acceptors (Lipinski definition) is 3. The summed E-state index contributed by atoms with van der Waals surface area (Å²) in [5.74, 6) is -0.534. The Morgan fingerprint density at radius 2 is 2.13 bits per heavy atom. The first-order valence-electron chi connectivity index (χ1n) is 4.74. The third-order valence-corrected chi connectivity index (χ3v) is 2.43. The predicted molar refractivity (Wildman–Crippen MR) is 46.1 cm³/mol. The summed E-state index contributed by atoms with van der Waals surface area (Å²) >= 11 is 0. The second-order valence-electron chi connectivity index (χ2n) is 3.56. The van der Waals surface area contributed by atoms with Crippen LogP contribution in [0.15, 0.2) is 0 Å². The standard InChI is InChI=1S/C8H11F3N4/c1-5-6-13-14-7(8(9,10)11)15(6)4-2-3-12-5/h5,12H,2-4H2,1H3/t5-/m1/s1. The lowest BCUT2D eigenvalue weighted by atomic mass is 10.3. The predicted octanol–water partition coefficient (Wildman–Crippen LogP) is 1.35. The molecule has 0 aliphatic carbocycles. The van der Waals surface area contributed by atoms with Gasteiger partial charge in [-0.15, -0.1) is 10.2 Å². The van der Waals surface area contributed by atoms with Crippen LogP contribution in [0.5, 0.6) is 0 Å². The van der Waals surface area contributed by atoms with E-state index in [-0.39, 0.29) is 6.04 Å². The molecular formula is C8H11F3N4. The molecule has 0 radical (unpaired) electrons. The Bertz CT molecular complexity index is 357. The van der Waals surface area contributed by atoms with Gasteiger partial charge in [0.1, 0.15) is 5.82 Å². The van der Waals surface area contributed by atoms with Gasteiger partial charge in [-0.1, -0.05) is 0 Å². The molecule has 2 rings (SSSR count). The summed E-state index contributed by atoms with van der Waals surface area (Å²) in [7, 11) is 0. The van der Waals surface area contributed by atoms with Crippen LogP contribution < -0.4 is 5.32 Å². The number of fused-ring (bicyclic) bond motifs is 1. The third-order valence-electron chi connectivity index (χ3n) is 2.43. The molecule has 0 fully saturated rings. The Morgan fingerprint density at radius 3 is 2.80 bits per heavy atom. The molecule has 0 unspecified atom stereocenters. The van der Waals surface area contributed by atoms with Gasteiger partial charge in [0.25, 0.3) is 0 Å². The number of rotatable bonds is 0. The van der Waals surface area contributed by atoms with Gasteiger partial charge in [0.2, 0.25) is 5.82 Å². The van der Waals surface area contributed by atoms with E-state index in [1.807, 2.05) is 0 Å². The first-order chi connectivity index (χ1) is 7.00. The van der Waals surface area contributed by atoms with Crippen molar-refractivity contribution in [2.75, 3.05) is 6.54 Å². The molecule has 2 heterocycles. The summed E-state index contributed by atoms with van der Waals surface area (Å²) in [6, 6.07) is -0.184. The number of alkyl halides is 3. The Morgan fingerprint density at radius 1 is 1.40 bits per heavy atom. The van der Waals surface area contributed by atoms with Crippen molar-refractivity contribution >= 4 is 0 Å². The summed E-state index contributed by atoms with van der Waals surface area (Å²) in [6.45, 7) is 2.79. The summed E-state index contributed by atoms with van der Waals surface area (Å²) in [6.07, 6.45) is -3.77. The Balaban J connectivity index is 2.44. The minimum Gasteiger partial charge on any atom is -0.307 e. The Labute approximate surface area is 84.5 Å². The maximum absolute atomic E-state index is 12.5. The highest BCUT2D eigenvalue weighted by atomic mass is 19.4. The zero-order valence-electron chi connectivity index (χ0n) is 8.17. The summed E-state index contributed by atoms with van der Waals surface area (Å²) in [4.78, 5) is 0. The number of hydrogen-bond donors (Lipinski definition) is 1. The first-order valence-corrected chi connectivity index (χ1v) is 4.74. The summed E-state index contributed by atoms with van der Waals surface area (Å²) < 4.78 is 38.7. The van der Waals surface area contributed by atoms with Crippen molar-refractivity contribution in [3.8, 4) is 0 Å². The summed E-state index contributed by atoms with van der Waals surface area (Å²) in [5.41, 5.74) is 0. The van der Waals surface area contributed by atoms with E-state index < -0.39 is 12.0 Å². The van der Waals surface area contributed by atoms with Crippen LogP contribution in [0.4, 0.5) is 13.2 Å². The van der Waals surface area contributed by atoms with Crippen LogP contribution in [0, 0.1) is 0 Å². The molecule has 0 saturated carbocycles. The highest BCUT2D eigenvalue weighted by Crippen LogP contribution is 2.30. The van der Waals surface area contributed by atoms with Crippen LogP contribution in [0.1, 0.15) is 31.0 Å². The zero-order chi connectivity index (χ0) is 11.1. The number of nitrogens with zero attached hydrogens (tertiary/aromatic N) is 3. The SMILES string of the molecule is C[C@H]1NCCCn2c1nnc2C(F)(F)F. The lowest BCUT2D eigenvalue weighted by Crippen LogP contribution is -2.19. The fourth-order valence-corrected chi connectivity index (χ4v) is 1.71. The lowest BCUT2D eigenvalue weighted by molar-refractivity contribution is -0.147. The normalized spacial score (nSPS) is 22.3. The molecular weight excluding hydrogens is 209 g/mol. The third kappa shape index (κ3) is 1.83. The Hall–Kier alpha value is -1.11. The topological polar surface area (TPSA) is 42.7 Å². The van der Waals surface area contributed by atoms with E-state index in [0.717, 1.165) is 4.57 Å². The van der Waals surface area contributed by atoms with E-state index in [0.29, 0.717) is 25.3 Å². The van der Waals surface area contributed by atoms with Gasteiger partial charge in [-0.2, -0.15) is 13.2 Å². The Kier molecular flexibility index (Phi) is 2.41. The maximum Gasteiger partial charge on any atom is 0.451 e. The van der Waals surface area contributed by atoms with Crippen molar-refractivity contribution in [3.05, 3.63) is 11.6 Å². The van der Waals surface area contributed by atoms with Crippen molar-refractivity contribution in [2.24, 2.45) is 0 Å². The van der Waals surface area contributed by atoms with Gasteiger partial charge < -0.3 is 9.88 Å². The quantitative estimate of drug-likeness (QED) is 0.717. The van der Waals surface area contributed by atoms with Crippen molar-refractivity contribution in [3.63, 3.8) is 0 Å². The van der Waals surface area contributed by atoms with Crippen molar-refractivity contribution in [2.45, 2.75) is 32.1 Å². The molecule has 0 bridgehead atoms. The van der Waals surface area contributed by atoms with E-state index >= 15 is 0 Å². The molecule has 1 atom stereocenters. The minimum absolute atomic E-state index is 0.184. The van der Waals surface area contributed by atoms with Gasteiger partial charge >= 0.3 is 6.18 Å². The molecule has 1 aromatic rings. The largest absolute Gasteiger partial charge is 0.451 e. The molecule has 7 heteroatoms. The van der Waals surface area contributed by atoms with E-state index in [2.05, 4.69) is 15.5 Å². The monoisotopic (exact) mass is 220 g/mol. The van der Waals surface area contributed by atoms with Gasteiger partial charge in [0.05, 0.1) is 6.04 Å². The van der Waals surface area contributed by atoms with E-state index in [4.69, 9.17) is 0 Å².